The smallest absolute Gasteiger partial charge is 0.251 e. The van der Waals surface area contributed by atoms with Gasteiger partial charge in [-0.05, 0) is 31.9 Å². The first-order valence-electron chi connectivity index (χ1n) is 6.67. The van der Waals surface area contributed by atoms with Crippen LogP contribution in [0.1, 0.15) is 28.8 Å². The minimum atomic E-state index is -0.179. The monoisotopic (exact) mass is 279 g/mol. The molecule has 0 heterocycles. The molecule has 1 amide bonds. The molecule has 0 unspecified atom stereocenters. The predicted octanol–water partition coefficient (Wildman–Crippen LogP) is 1.51. The lowest BCUT2D eigenvalue weighted by molar-refractivity contribution is 0.0934. The van der Waals surface area contributed by atoms with Gasteiger partial charge in [0.2, 0.25) is 0 Å². The van der Waals surface area contributed by atoms with Gasteiger partial charge in [0.15, 0.2) is 0 Å². The van der Waals surface area contributed by atoms with Gasteiger partial charge in [-0.2, -0.15) is 0 Å². The maximum Gasteiger partial charge on any atom is 0.251 e. The summed E-state index contributed by atoms with van der Waals surface area (Å²) in [4.78, 5) is 12.2. The largest absolute Gasteiger partial charge is 0.496 e. The van der Waals surface area contributed by atoms with Crippen molar-refractivity contribution < 1.29 is 19.4 Å². The van der Waals surface area contributed by atoms with E-state index in [0.717, 1.165) is 18.4 Å². The van der Waals surface area contributed by atoms with Gasteiger partial charge in [-0.15, -0.1) is 0 Å². The zero-order valence-electron chi connectivity index (χ0n) is 12.2. The van der Waals surface area contributed by atoms with Crippen LogP contribution in [0.3, 0.4) is 0 Å². The molecule has 110 valence electrons. The SMILES string of the molecule is COc1cc(C(=O)NCC2(CO)CC2)cc(OC)c1C. The van der Waals surface area contributed by atoms with Gasteiger partial charge >= 0.3 is 0 Å². The van der Waals surface area contributed by atoms with Crippen LogP contribution in [0.5, 0.6) is 11.5 Å². The molecule has 5 heteroatoms. The molecule has 20 heavy (non-hydrogen) atoms. The van der Waals surface area contributed by atoms with Gasteiger partial charge in [-0.1, -0.05) is 0 Å². The lowest BCUT2D eigenvalue weighted by Crippen LogP contribution is -2.31. The summed E-state index contributed by atoms with van der Waals surface area (Å²) in [6.07, 6.45) is 1.93. The van der Waals surface area contributed by atoms with E-state index in [1.165, 1.54) is 0 Å². The van der Waals surface area contributed by atoms with Crippen molar-refractivity contribution in [1.82, 2.24) is 5.32 Å². The molecular formula is C15H21NO4. The molecule has 1 aliphatic rings. The van der Waals surface area contributed by atoms with E-state index in [1.54, 1.807) is 26.4 Å². The zero-order chi connectivity index (χ0) is 14.8. The molecule has 2 rings (SSSR count). The van der Waals surface area contributed by atoms with Crippen LogP contribution < -0.4 is 14.8 Å². The fourth-order valence-electron chi connectivity index (χ4n) is 2.15. The Hall–Kier alpha value is -1.75. The Balaban J connectivity index is 2.13. The Morgan fingerprint density at radius 3 is 2.25 bits per heavy atom. The molecule has 1 saturated carbocycles. The normalized spacial score (nSPS) is 15.6. The van der Waals surface area contributed by atoms with Crippen LogP contribution in [0.15, 0.2) is 12.1 Å². The highest BCUT2D eigenvalue weighted by Gasteiger charge is 2.42. The predicted molar refractivity (Wildman–Crippen MR) is 75.4 cm³/mol. The van der Waals surface area contributed by atoms with Gasteiger partial charge in [0.25, 0.3) is 5.91 Å². The number of aliphatic hydroxyl groups excluding tert-OH is 1. The van der Waals surface area contributed by atoms with E-state index in [2.05, 4.69) is 5.32 Å². The Kier molecular flexibility index (Phi) is 4.18. The lowest BCUT2D eigenvalue weighted by atomic mass is 10.1. The Morgan fingerprint density at radius 2 is 1.85 bits per heavy atom. The highest BCUT2D eigenvalue weighted by atomic mass is 16.5. The molecule has 1 aromatic carbocycles. The summed E-state index contributed by atoms with van der Waals surface area (Å²) >= 11 is 0. The number of amides is 1. The maximum absolute atomic E-state index is 12.2. The number of hydrogen-bond donors (Lipinski definition) is 2. The Bertz CT molecular complexity index is 484. The van der Waals surface area contributed by atoms with E-state index >= 15 is 0 Å². The van der Waals surface area contributed by atoms with Crippen LogP contribution in [0.2, 0.25) is 0 Å². The summed E-state index contributed by atoms with van der Waals surface area (Å²) in [6, 6.07) is 3.40. The minimum Gasteiger partial charge on any atom is -0.496 e. The molecule has 2 N–H and O–H groups in total. The number of ether oxygens (including phenoxy) is 2. The Labute approximate surface area is 118 Å². The third-order valence-corrected chi connectivity index (χ3v) is 3.93. The summed E-state index contributed by atoms with van der Waals surface area (Å²) < 4.78 is 10.5. The molecule has 0 aromatic heterocycles. The van der Waals surface area contributed by atoms with Crippen LogP contribution in [0.4, 0.5) is 0 Å². The molecule has 0 bridgehead atoms. The first kappa shape index (κ1) is 14.7. The number of hydrogen-bond acceptors (Lipinski definition) is 4. The summed E-state index contributed by atoms with van der Waals surface area (Å²) in [7, 11) is 3.13. The van der Waals surface area contributed by atoms with Crippen molar-refractivity contribution >= 4 is 5.91 Å². The Morgan fingerprint density at radius 1 is 1.30 bits per heavy atom. The van der Waals surface area contributed by atoms with E-state index in [-0.39, 0.29) is 17.9 Å². The molecule has 1 aromatic rings. The van der Waals surface area contributed by atoms with Crippen LogP contribution in [-0.4, -0.2) is 38.4 Å². The fourth-order valence-corrected chi connectivity index (χ4v) is 2.15. The molecule has 0 spiro atoms. The van der Waals surface area contributed by atoms with Gasteiger partial charge < -0.3 is 19.9 Å². The van der Waals surface area contributed by atoms with E-state index in [1.807, 2.05) is 6.92 Å². The van der Waals surface area contributed by atoms with Crippen molar-refractivity contribution in [2.24, 2.45) is 5.41 Å². The number of rotatable bonds is 6. The summed E-state index contributed by atoms with van der Waals surface area (Å²) in [6.45, 7) is 2.50. The van der Waals surface area contributed by atoms with Gasteiger partial charge in [-0.25, -0.2) is 0 Å². The number of carbonyl (C=O) groups is 1. The van der Waals surface area contributed by atoms with Gasteiger partial charge in [0.05, 0.1) is 20.8 Å². The summed E-state index contributed by atoms with van der Waals surface area (Å²) in [5, 5.41) is 12.1. The van der Waals surface area contributed by atoms with Gasteiger partial charge in [0.1, 0.15) is 11.5 Å². The minimum absolute atomic E-state index is 0.103. The average Bonchev–Trinajstić information content (AvgIpc) is 3.25. The van der Waals surface area contributed by atoms with Crippen molar-refractivity contribution in [2.45, 2.75) is 19.8 Å². The van der Waals surface area contributed by atoms with Gasteiger partial charge in [0, 0.05) is 23.1 Å². The van der Waals surface area contributed by atoms with E-state index in [4.69, 9.17) is 9.47 Å². The third-order valence-electron chi connectivity index (χ3n) is 3.93. The van der Waals surface area contributed by atoms with Crippen LogP contribution >= 0.6 is 0 Å². The third kappa shape index (κ3) is 2.88. The first-order valence-corrected chi connectivity index (χ1v) is 6.67. The molecule has 0 aliphatic heterocycles. The van der Waals surface area contributed by atoms with E-state index in [0.29, 0.717) is 23.6 Å². The molecule has 0 saturated heterocycles. The molecule has 0 atom stereocenters. The highest BCUT2D eigenvalue weighted by molar-refractivity contribution is 5.95. The number of aliphatic hydroxyl groups is 1. The van der Waals surface area contributed by atoms with Crippen LogP contribution in [0.25, 0.3) is 0 Å². The second kappa shape index (κ2) is 5.71. The fraction of sp³-hybridized carbons (Fsp3) is 0.533. The number of benzene rings is 1. The second-order valence-corrected chi connectivity index (χ2v) is 5.35. The standard InChI is InChI=1S/C15H21NO4/c1-10-12(19-2)6-11(7-13(10)20-3)14(18)16-8-15(9-17)4-5-15/h6-7,17H,4-5,8-9H2,1-3H3,(H,16,18). The molecule has 5 nitrogen and oxygen atoms in total. The molecule has 1 fully saturated rings. The first-order chi connectivity index (χ1) is 9.55. The van der Waals surface area contributed by atoms with Crippen molar-refractivity contribution in [3.05, 3.63) is 23.3 Å². The van der Waals surface area contributed by atoms with E-state index in [9.17, 15) is 9.90 Å². The molecule has 0 radical (unpaired) electrons. The molecule has 1 aliphatic carbocycles. The quantitative estimate of drug-likeness (QED) is 0.828. The molecular weight excluding hydrogens is 258 g/mol. The van der Waals surface area contributed by atoms with Crippen LogP contribution in [0, 0.1) is 12.3 Å². The summed E-state index contributed by atoms with van der Waals surface area (Å²) in [5.74, 6) is 1.07. The highest BCUT2D eigenvalue weighted by Crippen LogP contribution is 2.44. The van der Waals surface area contributed by atoms with Crippen molar-refractivity contribution in [1.29, 1.82) is 0 Å². The van der Waals surface area contributed by atoms with Crippen molar-refractivity contribution in [3.8, 4) is 11.5 Å². The maximum atomic E-state index is 12.2. The number of methoxy groups -OCH3 is 2. The lowest BCUT2D eigenvalue weighted by Gasteiger charge is -2.15. The van der Waals surface area contributed by atoms with Gasteiger partial charge in [-0.3, -0.25) is 4.79 Å². The van der Waals surface area contributed by atoms with E-state index < -0.39 is 0 Å². The van der Waals surface area contributed by atoms with Crippen LogP contribution in [-0.2, 0) is 0 Å². The topological polar surface area (TPSA) is 67.8 Å². The van der Waals surface area contributed by atoms with Crippen molar-refractivity contribution in [3.63, 3.8) is 0 Å². The van der Waals surface area contributed by atoms with Crippen molar-refractivity contribution in [2.75, 3.05) is 27.4 Å². The zero-order valence-corrected chi connectivity index (χ0v) is 12.2. The second-order valence-electron chi connectivity index (χ2n) is 5.35. The number of carbonyl (C=O) groups excluding carboxylic acids is 1. The average molecular weight is 279 g/mol. The number of nitrogens with one attached hydrogen (secondary N) is 1. The summed E-state index contributed by atoms with van der Waals surface area (Å²) in [5.41, 5.74) is 1.26.